The highest BCUT2D eigenvalue weighted by Gasteiger charge is 2.19. The average Bonchev–Trinajstić information content (AvgIpc) is 3.26. The largest absolute Gasteiger partial charge is 0.462 e. The minimum atomic E-state index is -0.810. The Kier molecular flexibility index (Phi) is 46.5. The van der Waals surface area contributed by atoms with E-state index in [4.69, 9.17) is 14.2 Å². The SMILES string of the molecule is CC\C=C/C=C\C=C/C=C\C=C/CCCCCC(=O)OC(COC(=O)CCC/C=C\CCCCCC)COC(=O)CCCCCCCCC/C=C\CCCCCCCCCC. The van der Waals surface area contributed by atoms with Crippen LogP contribution in [0.2, 0.25) is 0 Å². The summed E-state index contributed by atoms with van der Waals surface area (Å²) in [4.78, 5) is 37.8. The maximum absolute atomic E-state index is 12.7. The monoisotopic (exact) mass is 849 g/mol. The first kappa shape index (κ1) is 57.6. The third kappa shape index (κ3) is 47.5. The van der Waals surface area contributed by atoms with Gasteiger partial charge >= 0.3 is 17.9 Å². The predicted octanol–water partition coefficient (Wildman–Crippen LogP) is 16.4. The van der Waals surface area contributed by atoms with Gasteiger partial charge in [0, 0.05) is 19.3 Å². The Balaban J connectivity index is 4.40. The summed E-state index contributed by atoms with van der Waals surface area (Å²) < 4.78 is 16.7. The molecular weight excluding hydrogens is 757 g/mol. The van der Waals surface area contributed by atoms with Crippen molar-refractivity contribution in [2.45, 2.75) is 232 Å². The highest BCUT2D eigenvalue weighted by Crippen LogP contribution is 2.14. The van der Waals surface area contributed by atoms with Crippen LogP contribution in [0.4, 0.5) is 0 Å². The number of ether oxygens (including phenoxy) is 3. The Morgan fingerprint density at radius 1 is 0.344 bits per heavy atom. The van der Waals surface area contributed by atoms with E-state index in [0.717, 1.165) is 57.8 Å². The molecule has 0 saturated heterocycles. The molecule has 0 aliphatic rings. The number of carbonyl (C=O) groups is 3. The zero-order chi connectivity index (χ0) is 44.4. The van der Waals surface area contributed by atoms with Gasteiger partial charge < -0.3 is 14.2 Å². The minimum absolute atomic E-state index is 0.105. The van der Waals surface area contributed by atoms with Gasteiger partial charge in [-0.05, 0) is 83.5 Å². The van der Waals surface area contributed by atoms with E-state index in [1.807, 2.05) is 48.6 Å². The van der Waals surface area contributed by atoms with Crippen LogP contribution in [-0.4, -0.2) is 37.2 Å². The maximum atomic E-state index is 12.7. The van der Waals surface area contributed by atoms with E-state index in [1.54, 1.807) is 0 Å². The molecule has 1 unspecified atom stereocenters. The first-order valence-electron chi connectivity index (χ1n) is 25.2. The Bertz CT molecular complexity index is 1200. The van der Waals surface area contributed by atoms with E-state index >= 15 is 0 Å². The number of rotatable bonds is 44. The highest BCUT2D eigenvalue weighted by molar-refractivity contribution is 5.71. The standard InChI is InChI=1S/C55H92O6/c1-4-7-10-13-16-19-21-23-25-26-27-28-30-31-33-36-39-42-45-48-54(57)60-51-52(50-59-53(56)47-44-41-38-35-18-15-12-9-6-3)61-55(58)49-46-43-40-37-34-32-29-24-22-20-17-14-11-8-5-2/h8,11,14,17,20,22,24,26-27,29,32,34-35,38,52H,4-7,9-10,12-13,15-16,18-19,21,23,25,28,30-31,33,36-37,39-51H2,1-3H3/b11-8-,17-14-,22-20-,27-26-,29-24-,34-32-,38-35-. The van der Waals surface area contributed by atoms with Crippen LogP contribution in [0.5, 0.6) is 0 Å². The van der Waals surface area contributed by atoms with Crippen molar-refractivity contribution in [2.24, 2.45) is 0 Å². The molecule has 0 radical (unpaired) electrons. The summed E-state index contributed by atoms with van der Waals surface area (Å²) in [6.07, 6.45) is 63.0. The summed E-state index contributed by atoms with van der Waals surface area (Å²) in [5.41, 5.74) is 0. The molecule has 6 nitrogen and oxygen atoms in total. The molecule has 0 bridgehead atoms. The number of unbranched alkanes of at least 4 members (excludes halogenated alkanes) is 23. The molecule has 0 heterocycles. The van der Waals surface area contributed by atoms with Gasteiger partial charge in [-0.2, -0.15) is 0 Å². The van der Waals surface area contributed by atoms with Gasteiger partial charge in [-0.25, -0.2) is 0 Å². The van der Waals surface area contributed by atoms with Gasteiger partial charge in [0.15, 0.2) is 6.10 Å². The third-order valence-electron chi connectivity index (χ3n) is 10.5. The Labute approximate surface area is 375 Å². The molecule has 0 aromatic heterocycles. The molecule has 1 atom stereocenters. The van der Waals surface area contributed by atoms with Gasteiger partial charge in [0.25, 0.3) is 0 Å². The number of carbonyl (C=O) groups excluding carboxylic acids is 3. The van der Waals surface area contributed by atoms with Crippen LogP contribution in [0.25, 0.3) is 0 Å². The van der Waals surface area contributed by atoms with Crippen LogP contribution in [-0.2, 0) is 28.6 Å². The second-order valence-electron chi connectivity index (χ2n) is 16.5. The summed E-state index contributed by atoms with van der Waals surface area (Å²) in [6.45, 7) is 6.39. The van der Waals surface area contributed by atoms with Crippen LogP contribution in [0.3, 0.4) is 0 Å². The number of hydrogen-bond acceptors (Lipinski definition) is 6. The van der Waals surface area contributed by atoms with Gasteiger partial charge in [-0.3, -0.25) is 14.4 Å². The van der Waals surface area contributed by atoms with Crippen LogP contribution >= 0.6 is 0 Å². The van der Waals surface area contributed by atoms with E-state index in [1.165, 1.54) is 116 Å². The lowest BCUT2D eigenvalue weighted by molar-refractivity contribution is -0.167. The maximum Gasteiger partial charge on any atom is 0.306 e. The van der Waals surface area contributed by atoms with E-state index in [9.17, 15) is 14.4 Å². The summed E-state index contributed by atoms with van der Waals surface area (Å²) >= 11 is 0. The van der Waals surface area contributed by atoms with Crippen molar-refractivity contribution >= 4 is 17.9 Å². The smallest absolute Gasteiger partial charge is 0.306 e. The number of allylic oxidation sites excluding steroid dienone is 14. The summed E-state index contributed by atoms with van der Waals surface area (Å²) in [5.74, 6) is -0.992. The van der Waals surface area contributed by atoms with Crippen molar-refractivity contribution in [1.29, 1.82) is 0 Å². The van der Waals surface area contributed by atoms with E-state index in [-0.39, 0.29) is 37.5 Å². The molecular formula is C55H92O6. The Morgan fingerprint density at radius 2 is 0.672 bits per heavy atom. The molecule has 0 amide bonds. The molecule has 0 aromatic rings. The lowest BCUT2D eigenvalue weighted by Crippen LogP contribution is -2.30. The molecule has 348 valence electrons. The second-order valence-corrected chi connectivity index (χ2v) is 16.5. The van der Waals surface area contributed by atoms with E-state index < -0.39 is 6.10 Å². The molecule has 0 fully saturated rings. The van der Waals surface area contributed by atoms with Crippen LogP contribution in [0.15, 0.2) is 85.1 Å². The zero-order valence-electron chi connectivity index (χ0n) is 39.7. The van der Waals surface area contributed by atoms with Gasteiger partial charge in [0.2, 0.25) is 0 Å². The molecule has 0 aromatic carbocycles. The van der Waals surface area contributed by atoms with Crippen LogP contribution < -0.4 is 0 Å². The van der Waals surface area contributed by atoms with Crippen molar-refractivity contribution in [1.82, 2.24) is 0 Å². The van der Waals surface area contributed by atoms with Gasteiger partial charge in [-0.15, -0.1) is 0 Å². The molecule has 0 N–H and O–H groups in total. The zero-order valence-corrected chi connectivity index (χ0v) is 39.7. The molecule has 0 aliphatic heterocycles. The molecule has 0 aliphatic carbocycles. The van der Waals surface area contributed by atoms with Gasteiger partial charge in [0.1, 0.15) is 13.2 Å². The molecule has 61 heavy (non-hydrogen) atoms. The fourth-order valence-corrected chi connectivity index (χ4v) is 6.70. The molecule has 0 saturated carbocycles. The summed E-state index contributed by atoms with van der Waals surface area (Å²) in [6, 6.07) is 0. The lowest BCUT2D eigenvalue weighted by Gasteiger charge is -2.18. The van der Waals surface area contributed by atoms with E-state index in [0.29, 0.717) is 25.7 Å². The van der Waals surface area contributed by atoms with Crippen LogP contribution in [0.1, 0.15) is 226 Å². The van der Waals surface area contributed by atoms with Crippen molar-refractivity contribution in [3.05, 3.63) is 85.1 Å². The topological polar surface area (TPSA) is 78.9 Å². The second kappa shape index (κ2) is 49.2. The summed E-state index contributed by atoms with van der Waals surface area (Å²) in [5, 5.41) is 0. The van der Waals surface area contributed by atoms with Crippen LogP contribution in [0, 0.1) is 0 Å². The molecule has 0 spiro atoms. The number of hydrogen-bond donors (Lipinski definition) is 0. The predicted molar refractivity (Wildman–Crippen MR) is 261 cm³/mol. The highest BCUT2D eigenvalue weighted by atomic mass is 16.6. The molecule has 0 rings (SSSR count). The molecule has 6 heteroatoms. The minimum Gasteiger partial charge on any atom is -0.462 e. The van der Waals surface area contributed by atoms with Gasteiger partial charge in [0.05, 0.1) is 0 Å². The summed E-state index contributed by atoms with van der Waals surface area (Å²) in [7, 11) is 0. The lowest BCUT2D eigenvalue weighted by atomic mass is 10.1. The van der Waals surface area contributed by atoms with Gasteiger partial charge in [-0.1, -0.05) is 209 Å². The first-order chi connectivity index (χ1) is 30.0. The third-order valence-corrected chi connectivity index (χ3v) is 10.5. The van der Waals surface area contributed by atoms with Crippen molar-refractivity contribution in [2.75, 3.05) is 13.2 Å². The average molecular weight is 849 g/mol. The van der Waals surface area contributed by atoms with Crippen molar-refractivity contribution in [3.63, 3.8) is 0 Å². The number of esters is 3. The fourth-order valence-electron chi connectivity index (χ4n) is 6.70. The normalized spacial score (nSPS) is 12.8. The Hall–Kier alpha value is -3.41. The van der Waals surface area contributed by atoms with Crippen molar-refractivity contribution in [3.8, 4) is 0 Å². The first-order valence-corrected chi connectivity index (χ1v) is 25.2. The quantitative estimate of drug-likeness (QED) is 0.0200. The van der Waals surface area contributed by atoms with Crippen molar-refractivity contribution < 1.29 is 28.6 Å². The Morgan fingerprint density at radius 3 is 1.15 bits per heavy atom. The van der Waals surface area contributed by atoms with E-state index in [2.05, 4.69) is 57.2 Å². The fraction of sp³-hybridized carbons (Fsp3) is 0.691.